The van der Waals surface area contributed by atoms with Gasteiger partial charge in [-0.3, -0.25) is 0 Å². The molecule has 25 heavy (non-hydrogen) atoms. The van der Waals surface area contributed by atoms with Crippen molar-refractivity contribution in [1.82, 2.24) is 14.4 Å². The van der Waals surface area contributed by atoms with Crippen LogP contribution in [0.1, 0.15) is 18.5 Å². The molecule has 0 saturated heterocycles. The predicted octanol–water partition coefficient (Wildman–Crippen LogP) is 3.61. The second-order valence-electron chi connectivity index (χ2n) is 5.73. The van der Waals surface area contributed by atoms with Crippen LogP contribution in [-0.2, 0) is 0 Å². The summed E-state index contributed by atoms with van der Waals surface area (Å²) in [5.74, 6) is -1.48. The van der Waals surface area contributed by atoms with E-state index in [-0.39, 0.29) is 16.9 Å². The van der Waals surface area contributed by atoms with Crippen molar-refractivity contribution in [3.63, 3.8) is 0 Å². The van der Waals surface area contributed by atoms with Crippen molar-refractivity contribution in [3.05, 3.63) is 64.4 Å². The first kappa shape index (κ1) is 16.3. The first-order valence-corrected chi connectivity index (χ1v) is 10.9. The van der Waals surface area contributed by atoms with Crippen LogP contribution >= 0.6 is 0 Å². The molecule has 124 valence electrons. The van der Waals surface area contributed by atoms with Gasteiger partial charge in [-0.25, -0.2) is 0 Å². The normalized spacial score (nSPS) is 14.6. The molecule has 1 aromatic carbocycles. The van der Waals surface area contributed by atoms with Gasteiger partial charge in [0.05, 0.1) is 0 Å². The van der Waals surface area contributed by atoms with E-state index in [1.54, 1.807) is 23.1 Å². The molecule has 0 amide bonds. The number of nitrogen functional groups attached to an aromatic ring is 1. The Kier molecular flexibility index (Phi) is 4.28. The molecule has 4 nitrogen and oxygen atoms in total. The summed E-state index contributed by atoms with van der Waals surface area (Å²) in [4.78, 5) is 8.78. The summed E-state index contributed by atoms with van der Waals surface area (Å²) in [6.07, 6.45) is 11.4. The van der Waals surface area contributed by atoms with Crippen LogP contribution in [0.2, 0.25) is 0 Å². The van der Waals surface area contributed by atoms with Gasteiger partial charge in [-0.2, -0.15) is 0 Å². The number of fused-ring (bicyclic) bond motifs is 1. The third kappa shape index (κ3) is 2.95. The van der Waals surface area contributed by atoms with Crippen LogP contribution in [0.15, 0.2) is 47.1 Å². The Morgan fingerprint density at radius 3 is 2.92 bits per heavy atom. The van der Waals surface area contributed by atoms with E-state index in [9.17, 15) is 8.78 Å². The van der Waals surface area contributed by atoms with Crippen LogP contribution < -0.4 is 5.73 Å². The van der Waals surface area contributed by atoms with Gasteiger partial charge in [0, 0.05) is 0 Å². The quantitative estimate of drug-likeness (QED) is 0.487. The van der Waals surface area contributed by atoms with E-state index >= 15 is 0 Å². The first-order chi connectivity index (χ1) is 12.1. The molecule has 0 unspecified atom stereocenters. The van der Waals surface area contributed by atoms with Crippen molar-refractivity contribution in [2.45, 2.75) is 12.8 Å². The van der Waals surface area contributed by atoms with Crippen LogP contribution in [0, 0.1) is 11.6 Å². The Bertz CT molecular complexity index is 1020. The molecule has 0 spiro atoms. The Balaban J connectivity index is 1.82. The van der Waals surface area contributed by atoms with Crippen molar-refractivity contribution in [3.8, 4) is 11.3 Å². The third-order valence-electron chi connectivity index (χ3n) is 4.09. The summed E-state index contributed by atoms with van der Waals surface area (Å²) < 4.78 is 33.7. The Labute approximate surface area is 153 Å². The number of imidazole rings is 1. The standard InChI is InChI=1S/C18H14F2N4.Sn/c1-2-3-4-5-6-14-16-9-22-15(10-24(16)11-23-14)17-12(19)7-8-13(21)18(17)20;/h1-2,5,7-11H,3-4,21H2;. The van der Waals surface area contributed by atoms with Crippen molar-refractivity contribution in [1.29, 1.82) is 0 Å². The zero-order chi connectivity index (χ0) is 17.4. The molecule has 0 fully saturated rings. The second-order valence-corrected chi connectivity index (χ2v) is 9.04. The number of hydrogen-bond acceptors (Lipinski definition) is 3. The van der Waals surface area contributed by atoms with Crippen LogP contribution in [0.4, 0.5) is 14.5 Å². The van der Waals surface area contributed by atoms with Crippen LogP contribution in [0.3, 0.4) is 0 Å². The van der Waals surface area contributed by atoms with E-state index in [0.717, 1.165) is 30.1 Å². The fourth-order valence-electron chi connectivity index (χ4n) is 2.82. The summed E-state index contributed by atoms with van der Waals surface area (Å²) in [6.45, 7) is 0. The van der Waals surface area contributed by atoms with E-state index in [2.05, 4.69) is 26.2 Å². The number of benzene rings is 1. The number of nitrogens with two attached hydrogens (primary N) is 1. The molecule has 0 aliphatic carbocycles. The molecule has 3 aromatic rings. The van der Waals surface area contributed by atoms with Gasteiger partial charge >= 0.3 is 153 Å². The molecule has 3 heterocycles. The molecule has 7 heteroatoms. The molecule has 0 saturated carbocycles. The predicted molar refractivity (Wildman–Crippen MR) is 94.9 cm³/mol. The topological polar surface area (TPSA) is 56.2 Å². The maximum absolute atomic E-state index is 14.2. The minimum atomic E-state index is -0.803. The summed E-state index contributed by atoms with van der Waals surface area (Å²) in [5, 5.41) is 0. The molecular weight excluding hydrogens is 429 g/mol. The molecule has 0 bridgehead atoms. The van der Waals surface area contributed by atoms with Gasteiger partial charge in [0.1, 0.15) is 0 Å². The monoisotopic (exact) mass is 444 g/mol. The van der Waals surface area contributed by atoms with Gasteiger partial charge in [0.15, 0.2) is 0 Å². The molecule has 2 radical (unpaired) electrons. The van der Waals surface area contributed by atoms with E-state index in [4.69, 9.17) is 5.73 Å². The Hall–Kier alpha value is -2.22. The van der Waals surface area contributed by atoms with Gasteiger partial charge in [-0.15, -0.1) is 0 Å². The van der Waals surface area contributed by atoms with Gasteiger partial charge in [-0.1, -0.05) is 0 Å². The fourth-order valence-corrected chi connectivity index (χ4v) is 5.83. The van der Waals surface area contributed by atoms with Crippen molar-refractivity contribution < 1.29 is 8.78 Å². The number of rotatable bonds is 2. The maximum atomic E-state index is 14.2. The fraction of sp³-hybridized carbons (Fsp3) is 0.111. The number of anilines is 1. The van der Waals surface area contributed by atoms with Crippen molar-refractivity contribution in [2.24, 2.45) is 0 Å². The minimum absolute atomic E-state index is 0.104. The molecule has 0 atom stereocenters. The second kappa shape index (κ2) is 6.59. The Morgan fingerprint density at radius 2 is 2.04 bits per heavy atom. The summed E-state index contributed by atoms with van der Waals surface area (Å²) in [5.41, 5.74) is 7.19. The number of allylic oxidation sites excluding steroid dienone is 2. The zero-order valence-electron chi connectivity index (χ0n) is 13.2. The number of nitrogens with zero attached hydrogens (tertiary/aromatic N) is 3. The molecule has 1 aliphatic rings. The molecular formula is C18H14F2N4Sn. The molecule has 1 aliphatic heterocycles. The van der Waals surface area contributed by atoms with E-state index in [1.807, 2.05) is 0 Å². The van der Waals surface area contributed by atoms with Gasteiger partial charge < -0.3 is 0 Å². The van der Waals surface area contributed by atoms with Crippen LogP contribution in [0.5, 0.6) is 0 Å². The zero-order valence-corrected chi connectivity index (χ0v) is 16.1. The van der Waals surface area contributed by atoms with Crippen LogP contribution in [-0.4, -0.2) is 35.5 Å². The average Bonchev–Trinajstić information content (AvgIpc) is 2.84. The number of hydrogen-bond donors (Lipinski definition) is 1. The average molecular weight is 443 g/mol. The SMILES string of the molecule is Nc1ccc(F)c(-c2cn3cnc([C]4=CCCC=[CH][Sn]4)c3cn2)c1F. The molecule has 2 N–H and O–H groups in total. The van der Waals surface area contributed by atoms with Gasteiger partial charge in [0.2, 0.25) is 0 Å². The van der Waals surface area contributed by atoms with E-state index in [1.165, 1.54) is 9.66 Å². The van der Waals surface area contributed by atoms with Crippen LogP contribution in [0.25, 0.3) is 20.4 Å². The third-order valence-corrected chi connectivity index (χ3v) is 7.38. The summed E-state index contributed by atoms with van der Waals surface area (Å²) >= 11 is -0.803. The Morgan fingerprint density at radius 1 is 1.16 bits per heavy atom. The van der Waals surface area contributed by atoms with E-state index in [0.29, 0.717) is 0 Å². The van der Waals surface area contributed by atoms with Crippen molar-refractivity contribution in [2.75, 3.05) is 5.73 Å². The molecule has 2 aromatic heterocycles. The first-order valence-electron chi connectivity index (χ1n) is 7.84. The number of aromatic nitrogens is 3. The molecule has 4 rings (SSSR count). The summed E-state index contributed by atoms with van der Waals surface area (Å²) in [6, 6.07) is 2.36. The van der Waals surface area contributed by atoms with Gasteiger partial charge in [-0.05, 0) is 0 Å². The number of halogens is 2. The van der Waals surface area contributed by atoms with Crippen molar-refractivity contribution >= 4 is 35.9 Å². The summed E-state index contributed by atoms with van der Waals surface area (Å²) in [7, 11) is 0. The van der Waals surface area contributed by atoms with Gasteiger partial charge in [0.25, 0.3) is 0 Å². The van der Waals surface area contributed by atoms with E-state index < -0.39 is 32.8 Å².